The van der Waals surface area contributed by atoms with Crippen LogP contribution in [-0.2, 0) is 22.4 Å². The first kappa shape index (κ1) is 21.8. The molecular weight excluding hydrogens is 378 g/mol. The maximum atomic E-state index is 11.6. The lowest BCUT2D eigenvalue weighted by Crippen LogP contribution is -2.34. The Morgan fingerprint density at radius 2 is 2.07 bits per heavy atom. The Kier molecular flexibility index (Phi) is 7.81. The molecule has 3 rings (SSSR count). The van der Waals surface area contributed by atoms with Gasteiger partial charge in [-0.25, -0.2) is 4.98 Å². The van der Waals surface area contributed by atoms with Crippen LogP contribution in [0.3, 0.4) is 0 Å². The highest BCUT2D eigenvalue weighted by Gasteiger charge is 2.27. The molecule has 1 atom stereocenters. The molecule has 1 aliphatic carbocycles. The molecule has 2 aromatic rings. The van der Waals surface area contributed by atoms with Crippen molar-refractivity contribution in [1.29, 1.82) is 5.26 Å². The summed E-state index contributed by atoms with van der Waals surface area (Å²) in [7, 11) is 3.13. The Morgan fingerprint density at radius 3 is 2.83 bits per heavy atom. The molecule has 0 saturated carbocycles. The van der Waals surface area contributed by atoms with Gasteiger partial charge < -0.3 is 9.47 Å². The zero-order chi connectivity index (χ0) is 21.3. The molecule has 0 aliphatic heterocycles. The number of ether oxygens (including phenoxy) is 2. The van der Waals surface area contributed by atoms with Crippen molar-refractivity contribution in [1.82, 2.24) is 9.88 Å². The number of aromatic nitrogens is 1. The molecule has 0 fully saturated rings. The number of benzene rings is 1. The molecule has 0 bridgehead atoms. The van der Waals surface area contributed by atoms with Gasteiger partial charge in [-0.2, -0.15) is 5.26 Å². The number of hydrogen-bond donors (Lipinski definition) is 0. The van der Waals surface area contributed by atoms with Gasteiger partial charge in [0, 0.05) is 24.7 Å². The predicted octanol–water partition coefficient (Wildman–Crippen LogP) is 3.84. The SMILES string of the molecule is COC(=O)CCCN(CCc1ccccc1OC)C1CCCc2nc(C#N)ccc21. The summed E-state index contributed by atoms with van der Waals surface area (Å²) in [6.45, 7) is 1.65. The van der Waals surface area contributed by atoms with E-state index in [0.29, 0.717) is 12.1 Å². The summed E-state index contributed by atoms with van der Waals surface area (Å²) in [6.07, 6.45) is 5.01. The average molecular weight is 408 g/mol. The largest absolute Gasteiger partial charge is 0.496 e. The Balaban J connectivity index is 1.79. The normalized spacial score (nSPS) is 15.3. The van der Waals surface area contributed by atoms with Gasteiger partial charge in [-0.05, 0) is 61.9 Å². The Morgan fingerprint density at radius 1 is 1.23 bits per heavy atom. The van der Waals surface area contributed by atoms with Gasteiger partial charge in [0.25, 0.3) is 0 Å². The smallest absolute Gasteiger partial charge is 0.305 e. The van der Waals surface area contributed by atoms with E-state index in [-0.39, 0.29) is 12.0 Å². The Hall–Kier alpha value is -2.91. The number of nitriles is 1. The molecule has 6 heteroatoms. The zero-order valence-electron chi connectivity index (χ0n) is 17.8. The lowest BCUT2D eigenvalue weighted by atomic mass is 9.89. The van der Waals surface area contributed by atoms with Gasteiger partial charge in [0.1, 0.15) is 17.5 Å². The molecule has 1 aliphatic rings. The number of para-hydroxylation sites is 1. The van der Waals surface area contributed by atoms with Crippen molar-refractivity contribution in [3.05, 3.63) is 58.9 Å². The molecule has 158 valence electrons. The van der Waals surface area contributed by atoms with E-state index in [1.165, 1.54) is 18.2 Å². The summed E-state index contributed by atoms with van der Waals surface area (Å²) in [5.74, 6) is 0.723. The number of esters is 1. The topological polar surface area (TPSA) is 75.4 Å². The fraction of sp³-hybridized carbons (Fsp3) is 0.458. The molecule has 1 aromatic heterocycles. The van der Waals surface area contributed by atoms with Crippen molar-refractivity contribution in [2.45, 2.75) is 44.6 Å². The third-order valence-electron chi connectivity index (χ3n) is 5.73. The molecule has 0 saturated heterocycles. The highest BCUT2D eigenvalue weighted by atomic mass is 16.5. The highest BCUT2D eigenvalue weighted by Crippen LogP contribution is 2.34. The van der Waals surface area contributed by atoms with Gasteiger partial charge in [0.05, 0.1) is 14.2 Å². The van der Waals surface area contributed by atoms with Crippen LogP contribution >= 0.6 is 0 Å². The highest BCUT2D eigenvalue weighted by molar-refractivity contribution is 5.69. The minimum atomic E-state index is -0.177. The van der Waals surface area contributed by atoms with Crippen molar-refractivity contribution in [2.75, 3.05) is 27.3 Å². The van der Waals surface area contributed by atoms with Gasteiger partial charge >= 0.3 is 5.97 Å². The fourth-order valence-corrected chi connectivity index (χ4v) is 4.20. The van der Waals surface area contributed by atoms with Crippen LogP contribution in [0.5, 0.6) is 5.75 Å². The molecule has 1 heterocycles. The number of methoxy groups -OCH3 is 2. The van der Waals surface area contributed by atoms with Crippen LogP contribution in [0.1, 0.15) is 54.2 Å². The summed E-state index contributed by atoms with van der Waals surface area (Å²) in [6, 6.07) is 14.3. The lowest BCUT2D eigenvalue weighted by Gasteiger charge is -2.35. The zero-order valence-corrected chi connectivity index (χ0v) is 17.8. The van der Waals surface area contributed by atoms with Gasteiger partial charge in [0.15, 0.2) is 0 Å². The van der Waals surface area contributed by atoms with Gasteiger partial charge in [-0.3, -0.25) is 9.69 Å². The van der Waals surface area contributed by atoms with Crippen molar-refractivity contribution >= 4 is 5.97 Å². The second kappa shape index (κ2) is 10.7. The predicted molar refractivity (Wildman–Crippen MR) is 114 cm³/mol. The number of fused-ring (bicyclic) bond motifs is 1. The molecular formula is C24H29N3O3. The third kappa shape index (κ3) is 5.37. The number of aryl methyl sites for hydroxylation is 1. The van der Waals surface area contributed by atoms with E-state index in [4.69, 9.17) is 9.47 Å². The summed E-state index contributed by atoms with van der Waals surface area (Å²) in [5.41, 5.74) is 3.88. The quantitative estimate of drug-likeness (QED) is 0.588. The van der Waals surface area contributed by atoms with Crippen LogP contribution in [0.4, 0.5) is 0 Å². The maximum Gasteiger partial charge on any atom is 0.305 e. The number of rotatable bonds is 9. The van der Waals surface area contributed by atoms with Crippen LogP contribution < -0.4 is 4.74 Å². The number of pyridine rings is 1. The van der Waals surface area contributed by atoms with E-state index in [1.807, 2.05) is 24.3 Å². The van der Waals surface area contributed by atoms with Gasteiger partial charge in [-0.15, -0.1) is 0 Å². The van der Waals surface area contributed by atoms with Crippen LogP contribution in [0.25, 0.3) is 0 Å². The molecule has 1 aromatic carbocycles. The number of carbonyl (C=O) groups excluding carboxylic acids is 1. The fourth-order valence-electron chi connectivity index (χ4n) is 4.20. The summed E-state index contributed by atoms with van der Waals surface area (Å²) < 4.78 is 10.3. The van der Waals surface area contributed by atoms with E-state index in [0.717, 1.165) is 56.6 Å². The van der Waals surface area contributed by atoms with Crippen LogP contribution in [-0.4, -0.2) is 43.2 Å². The summed E-state index contributed by atoms with van der Waals surface area (Å²) in [5, 5.41) is 9.19. The first-order valence-electron chi connectivity index (χ1n) is 10.5. The molecule has 0 amide bonds. The number of nitrogens with zero attached hydrogens (tertiary/aromatic N) is 3. The molecule has 0 spiro atoms. The molecule has 30 heavy (non-hydrogen) atoms. The Bertz CT molecular complexity index is 907. The number of carbonyl (C=O) groups is 1. The third-order valence-corrected chi connectivity index (χ3v) is 5.73. The van der Waals surface area contributed by atoms with Crippen LogP contribution in [0.2, 0.25) is 0 Å². The van der Waals surface area contributed by atoms with Crippen LogP contribution in [0.15, 0.2) is 36.4 Å². The number of hydrogen-bond acceptors (Lipinski definition) is 6. The molecule has 0 radical (unpaired) electrons. The summed E-state index contributed by atoms with van der Waals surface area (Å²) >= 11 is 0. The minimum Gasteiger partial charge on any atom is -0.496 e. The van der Waals surface area contributed by atoms with Crippen molar-refractivity contribution in [3.8, 4) is 11.8 Å². The standard InChI is InChI=1S/C24H29N3O3/c1-29-23-10-4-3-7-18(23)14-16-27(15-6-11-24(28)30-2)22-9-5-8-21-20(22)13-12-19(17-25)26-21/h3-4,7,10,12-13,22H,5-6,8-9,11,14-16H2,1-2H3. The monoisotopic (exact) mass is 407 g/mol. The molecule has 1 unspecified atom stereocenters. The Labute approximate surface area is 178 Å². The van der Waals surface area contributed by atoms with E-state index >= 15 is 0 Å². The van der Waals surface area contributed by atoms with Crippen molar-refractivity contribution in [3.63, 3.8) is 0 Å². The van der Waals surface area contributed by atoms with Gasteiger partial charge in [0.2, 0.25) is 0 Å². The maximum absolute atomic E-state index is 11.6. The molecule has 0 N–H and O–H groups in total. The van der Waals surface area contributed by atoms with Gasteiger partial charge in [-0.1, -0.05) is 24.3 Å². The second-order valence-electron chi connectivity index (χ2n) is 7.53. The van der Waals surface area contributed by atoms with E-state index in [2.05, 4.69) is 28.1 Å². The second-order valence-corrected chi connectivity index (χ2v) is 7.53. The van der Waals surface area contributed by atoms with Crippen molar-refractivity contribution in [2.24, 2.45) is 0 Å². The lowest BCUT2D eigenvalue weighted by molar-refractivity contribution is -0.140. The van der Waals surface area contributed by atoms with Crippen molar-refractivity contribution < 1.29 is 14.3 Å². The minimum absolute atomic E-state index is 0.177. The van der Waals surface area contributed by atoms with E-state index < -0.39 is 0 Å². The van der Waals surface area contributed by atoms with Crippen LogP contribution in [0, 0.1) is 11.3 Å². The molecule has 6 nitrogen and oxygen atoms in total. The van der Waals surface area contributed by atoms with E-state index in [1.54, 1.807) is 7.11 Å². The average Bonchev–Trinajstić information content (AvgIpc) is 2.80. The summed E-state index contributed by atoms with van der Waals surface area (Å²) in [4.78, 5) is 18.6. The van der Waals surface area contributed by atoms with E-state index in [9.17, 15) is 10.1 Å². The first-order chi connectivity index (χ1) is 14.7. The first-order valence-corrected chi connectivity index (χ1v) is 10.5.